The van der Waals surface area contributed by atoms with Crippen molar-refractivity contribution in [1.82, 2.24) is 15.1 Å². The van der Waals surface area contributed by atoms with E-state index in [1.54, 1.807) is 6.20 Å². The maximum absolute atomic E-state index is 6.24. The van der Waals surface area contributed by atoms with E-state index in [2.05, 4.69) is 51.3 Å². The Labute approximate surface area is 153 Å². The smallest absolute Gasteiger partial charge is 0.0656 e. The number of hydrogen-bond acceptors (Lipinski definition) is 3. The van der Waals surface area contributed by atoms with E-state index in [1.165, 1.54) is 11.3 Å². The molecular formula is C20H21ClN4. The minimum atomic E-state index is 0.748. The highest BCUT2D eigenvalue weighted by Crippen LogP contribution is 2.35. The third-order valence-corrected chi connectivity index (χ3v) is 5.03. The number of nitrogens with one attached hydrogen (secondary N) is 1. The van der Waals surface area contributed by atoms with Crippen LogP contribution in [-0.4, -0.2) is 48.3 Å². The molecule has 3 aromatic rings. The van der Waals surface area contributed by atoms with Gasteiger partial charge in [-0.15, -0.1) is 0 Å². The molecule has 0 saturated carbocycles. The van der Waals surface area contributed by atoms with E-state index in [4.69, 9.17) is 11.6 Å². The lowest BCUT2D eigenvalue weighted by Crippen LogP contribution is -2.44. The molecule has 0 atom stereocenters. The standard InChI is InChI=1S/C20H21ClN4/c1-24-9-11-25(12-10-24)17-5-6-18(20-7-8-22-23-20)19(14-17)15-3-2-4-16(21)13-15/h2-8,13-14H,9-12H2,1H3,(H,22,23). The summed E-state index contributed by atoms with van der Waals surface area (Å²) in [5.41, 5.74) is 5.69. The minimum Gasteiger partial charge on any atom is -0.369 e. The Morgan fingerprint density at radius 2 is 1.80 bits per heavy atom. The van der Waals surface area contributed by atoms with E-state index >= 15 is 0 Å². The van der Waals surface area contributed by atoms with Crippen LogP contribution in [0.1, 0.15) is 0 Å². The summed E-state index contributed by atoms with van der Waals surface area (Å²) in [5.74, 6) is 0. The summed E-state index contributed by atoms with van der Waals surface area (Å²) in [7, 11) is 2.18. The molecule has 0 amide bonds. The molecule has 4 rings (SSSR count). The number of likely N-dealkylation sites (N-methyl/N-ethyl adjacent to an activating group) is 1. The summed E-state index contributed by atoms with van der Waals surface area (Å²) in [6.45, 7) is 4.29. The third kappa shape index (κ3) is 3.41. The summed E-state index contributed by atoms with van der Waals surface area (Å²) in [6, 6.07) is 16.7. The number of H-pyrrole nitrogens is 1. The first-order valence-electron chi connectivity index (χ1n) is 8.54. The van der Waals surface area contributed by atoms with Crippen molar-refractivity contribution in [3.05, 3.63) is 59.8 Å². The maximum Gasteiger partial charge on any atom is 0.0656 e. The molecule has 1 aliphatic heterocycles. The lowest BCUT2D eigenvalue weighted by Gasteiger charge is -2.34. The van der Waals surface area contributed by atoms with Crippen molar-refractivity contribution in [3.8, 4) is 22.4 Å². The summed E-state index contributed by atoms with van der Waals surface area (Å²) in [6.07, 6.45) is 1.78. The Bertz CT molecular complexity index is 852. The summed E-state index contributed by atoms with van der Waals surface area (Å²) >= 11 is 6.24. The molecule has 128 valence electrons. The van der Waals surface area contributed by atoms with Crippen LogP contribution < -0.4 is 4.90 Å². The molecule has 0 bridgehead atoms. The minimum absolute atomic E-state index is 0.748. The van der Waals surface area contributed by atoms with Gasteiger partial charge in [-0.1, -0.05) is 29.8 Å². The largest absolute Gasteiger partial charge is 0.369 e. The number of halogens is 1. The Morgan fingerprint density at radius 1 is 0.960 bits per heavy atom. The summed E-state index contributed by atoms with van der Waals surface area (Å²) in [5, 5.41) is 7.93. The Balaban J connectivity index is 1.78. The fourth-order valence-corrected chi connectivity index (χ4v) is 3.52. The number of aromatic amines is 1. The molecule has 1 fully saturated rings. The van der Waals surface area contributed by atoms with Crippen molar-refractivity contribution >= 4 is 17.3 Å². The van der Waals surface area contributed by atoms with E-state index in [9.17, 15) is 0 Å². The lowest BCUT2D eigenvalue weighted by atomic mass is 9.96. The molecule has 25 heavy (non-hydrogen) atoms. The Morgan fingerprint density at radius 3 is 2.52 bits per heavy atom. The second-order valence-electron chi connectivity index (χ2n) is 6.50. The lowest BCUT2D eigenvalue weighted by molar-refractivity contribution is 0.313. The van der Waals surface area contributed by atoms with E-state index in [-0.39, 0.29) is 0 Å². The molecule has 2 aromatic carbocycles. The molecule has 0 spiro atoms. The zero-order chi connectivity index (χ0) is 17.2. The van der Waals surface area contributed by atoms with Crippen molar-refractivity contribution in [2.75, 3.05) is 38.1 Å². The Hall–Kier alpha value is -2.30. The summed E-state index contributed by atoms with van der Waals surface area (Å²) < 4.78 is 0. The number of nitrogens with zero attached hydrogens (tertiary/aromatic N) is 3. The van der Waals surface area contributed by atoms with E-state index in [0.29, 0.717) is 0 Å². The van der Waals surface area contributed by atoms with Gasteiger partial charge < -0.3 is 9.80 Å². The molecule has 0 radical (unpaired) electrons. The van der Waals surface area contributed by atoms with Crippen LogP contribution in [0.2, 0.25) is 5.02 Å². The van der Waals surface area contributed by atoms with Gasteiger partial charge in [0.1, 0.15) is 0 Å². The fourth-order valence-electron chi connectivity index (χ4n) is 3.33. The average Bonchev–Trinajstić information content (AvgIpc) is 3.16. The highest BCUT2D eigenvalue weighted by atomic mass is 35.5. The second kappa shape index (κ2) is 6.90. The highest BCUT2D eigenvalue weighted by molar-refractivity contribution is 6.30. The van der Waals surface area contributed by atoms with Crippen molar-refractivity contribution in [1.29, 1.82) is 0 Å². The van der Waals surface area contributed by atoms with Gasteiger partial charge in [-0.05, 0) is 48.5 Å². The first kappa shape index (κ1) is 16.2. The highest BCUT2D eigenvalue weighted by Gasteiger charge is 2.17. The molecule has 1 aliphatic rings. The third-order valence-electron chi connectivity index (χ3n) is 4.80. The SMILES string of the molecule is CN1CCN(c2ccc(-c3ccn[nH]3)c(-c3cccc(Cl)c3)c2)CC1. The van der Waals surface area contributed by atoms with Gasteiger partial charge >= 0.3 is 0 Å². The molecule has 1 aromatic heterocycles. The van der Waals surface area contributed by atoms with Gasteiger partial charge in [0.15, 0.2) is 0 Å². The van der Waals surface area contributed by atoms with Crippen LogP contribution in [-0.2, 0) is 0 Å². The number of piperazine rings is 1. The first-order chi connectivity index (χ1) is 12.2. The average molecular weight is 353 g/mol. The van der Waals surface area contributed by atoms with Gasteiger partial charge in [0.05, 0.1) is 5.69 Å². The quantitative estimate of drug-likeness (QED) is 0.769. The van der Waals surface area contributed by atoms with Crippen LogP contribution in [0.3, 0.4) is 0 Å². The van der Waals surface area contributed by atoms with Crippen LogP contribution in [0.5, 0.6) is 0 Å². The Kier molecular flexibility index (Phi) is 4.47. The van der Waals surface area contributed by atoms with Gasteiger partial charge in [-0.25, -0.2) is 0 Å². The van der Waals surface area contributed by atoms with Crippen molar-refractivity contribution < 1.29 is 0 Å². The molecule has 4 nitrogen and oxygen atoms in total. The van der Waals surface area contributed by atoms with Gasteiger partial charge in [-0.3, -0.25) is 5.10 Å². The summed E-state index contributed by atoms with van der Waals surface area (Å²) in [4.78, 5) is 4.82. The number of aromatic nitrogens is 2. The molecule has 1 saturated heterocycles. The van der Waals surface area contributed by atoms with Crippen LogP contribution in [0.4, 0.5) is 5.69 Å². The number of hydrogen-bond donors (Lipinski definition) is 1. The zero-order valence-corrected chi connectivity index (χ0v) is 15.0. The van der Waals surface area contributed by atoms with Gasteiger partial charge in [0.25, 0.3) is 0 Å². The van der Waals surface area contributed by atoms with Crippen LogP contribution in [0, 0.1) is 0 Å². The monoisotopic (exact) mass is 352 g/mol. The van der Waals surface area contributed by atoms with E-state index in [0.717, 1.165) is 48.0 Å². The molecule has 0 aliphatic carbocycles. The fraction of sp³-hybridized carbons (Fsp3) is 0.250. The molecule has 1 N–H and O–H groups in total. The normalized spacial score (nSPS) is 15.5. The van der Waals surface area contributed by atoms with Crippen LogP contribution in [0.15, 0.2) is 54.7 Å². The van der Waals surface area contributed by atoms with Crippen molar-refractivity contribution in [2.45, 2.75) is 0 Å². The van der Waals surface area contributed by atoms with Gasteiger partial charge in [0, 0.05) is 48.6 Å². The predicted molar refractivity (Wildman–Crippen MR) is 104 cm³/mol. The zero-order valence-electron chi connectivity index (χ0n) is 14.2. The number of rotatable bonds is 3. The predicted octanol–water partition coefficient (Wildman–Crippen LogP) is 4.15. The molecule has 5 heteroatoms. The first-order valence-corrected chi connectivity index (χ1v) is 8.92. The number of anilines is 1. The molecular weight excluding hydrogens is 332 g/mol. The van der Waals surface area contributed by atoms with Crippen LogP contribution in [0.25, 0.3) is 22.4 Å². The second-order valence-corrected chi connectivity index (χ2v) is 6.94. The maximum atomic E-state index is 6.24. The van der Waals surface area contributed by atoms with Crippen molar-refractivity contribution in [2.24, 2.45) is 0 Å². The van der Waals surface area contributed by atoms with E-state index < -0.39 is 0 Å². The number of benzene rings is 2. The van der Waals surface area contributed by atoms with Crippen molar-refractivity contribution in [3.63, 3.8) is 0 Å². The van der Waals surface area contributed by atoms with Gasteiger partial charge in [-0.2, -0.15) is 5.10 Å². The molecule has 0 unspecified atom stereocenters. The topological polar surface area (TPSA) is 35.2 Å². The van der Waals surface area contributed by atoms with Crippen LogP contribution >= 0.6 is 11.6 Å². The van der Waals surface area contributed by atoms with Gasteiger partial charge in [0.2, 0.25) is 0 Å². The molecule has 2 heterocycles. The van der Waals surface area contributed by atoms with E-state index in [1.807, 2.05) is 24.3 Å².